The van der Waals surface area contributed by atoms with Crippen LogP contribution in [0.4, 0.5) is 0 Å². The molecule has 0 heterocycles. The van der Waals surface area contributed by atoms with Crippen LogP contribution in [0.2, 0.25) is 0 Å². The van der Waals surface area contributed by atoms with Crippen molar-refractivity contribution in [3.8, 4) is 0 Å². The van der Waals surface area contributed by atoms with Crippen LogP contribution in [-0.4, -0.2) is 14.5 Å². The third-order valence-corrected chi connectivity index (χ3v) is 7.31. The third-order valence-electron chi connectivity index (χ3n) is 5.87. The zero-order valence-electron chi connectivity index (χ0n) is 13.3. The molecule has 3 atom stereocenters. The highest BCUT2D eigenvalue weighted by Crippen LogP contribution is 2.62. The van der Waals surface area contributed by atoms with E-state index in [1.807, 2.05) is 19.1 Å². The fourth-order valence-corrected chi connectivity index (χ4v) is 6.07. The van der Waals surface area contributed by atoms with Crippen molar-refractivity contribution in [1.29, 1.82) is 0 Å². The molecule has 2 aliphatic rings. The minimum Gasteiger partial charge on any atom is -0.207 e. The first-order valence-corrected chi connectivity index (χ1v) is 9.22. The van der Waals surface area contributed by atoms with Crippen molar-refractivity contribution in [2.45, 2.75) is 57.9 Å². The summed E-state index contributed by atoms with van der Waals surface area (Å²) in [5.74, 6) is 0.633. The molecule has 116 valence electrons. The average Bonchev–Trinajstić information content (AvgIpc) is 2.87. The van der Waals surface area contributed by atoms with Gasteiger partial charge < -0.3 is 0 Å². The van der Waals surface area contributed by atoms with Crippen molar-refractivity contribution in [3.63, 3.8) is 0 Å². The highest BCUT2D eigenvalue weighted by Gasteiger charge is 2.60. The zero-order valence-corrected chi connectivity index (χ0v) is 14.1. The van der Waals surface area contributed by atoms with Crippen molar-refractivity contribution in [1.82, 2.24) is 4.72 Å². The van der Waals surface area contributed by atoms with E-state index in [0.717, 1.165) is 18.4 Å². The average molecular weight is 307 g/mol. The van der Waals surface area contributed by atoms with Gasteiger partial charge in [0.25, 0.3) is 0 Å². The molecule has 2 bridgehead atoms. The molecule has 1 aromatic rings. The maximum absolute atomic E-state index is 12.7. The van der Waals surface area contributed by atoms with E-state index in [4.69, 9.17) is 0 Å². The van der Waals surface area contributed by atoms with Crippen LogP contribution in [0.25, 0.3) is 0 Å². The summed E-state index contributed by atoms with van der Waals surface area (Å²) in [6, 6.07) is 7.11. The third kappa shape index (κ3) is 2.33. The van der Waals surface area contributed by atoms with Gasteiger partial charge in [0.1, 0.15) is 0 Å². The molecule has 21 heavy (non-hydrogen) atoms. The van der Waals surface area contributed by atoms with E-state index in [0.29, 0.717) is 10.8 Å². The molecule has 2 aliphatic carbocycles. The van der Waals surface area contributed by atoms with E-state index in [1.54, 1.807) is 12.1 Å². The fraction of sp³-hybridized carbons (Fsp3) is 0.647. The summed E-state index contributed by atoms with van der Waals surface area (Å²) in [5, 5.41) is 0. The number of nitrogens with one attached hydrogen (secondary N) is 1. The van der Waals surface area contributed by atoms with Crippen LogP contribution in [-0.2, 0) is 10.0 Å². The summed E-state index contributed by atoms with van der Waals surface area (Å²) in [4.78, 5) is 0.371. The van der Waals surface area contributed by atoms with Crippen LogP contribution in [0.1, 0.15) is 45.6 Å². The highest BCUT2D eigenvalue weighted by atomic mass is 32.2. The summed E-state index contributed by atoms with van der Waals surface area (Å²) < 4.78 is 28.4. The molecule has 2 fully saturated rings. The molecule has 0 amide bonds. The highest BCUT2D eigenvalue weighted by molar-refractivity contribution is 7.89. The molecule has 1 N–H and O–H groups in total. The van der Waals surface area contributed by atoms with Gasteiger partial charge in [-0.3, -0.25) is 0 Å². The van der Waals surface area contributed by atoms with E-state index < -0.39 is 10.0 Å². The van der Waals surface area contributed by atoms with Gasteiger partial charge in [-0.15, -0.1) is 0 Å². The Morgan fingerprint density at radius 2 is 1.76 bits per heavy atom. The molecule has 4 heteroatoms. The Bertz CT molecular complexity index is 643. The number of hydrogen-bond acceptors (Lipinski definition) is 2. The van der Waals surface area contributed by atoms with E-state index >= 15 is 0 Å². The van der Waals surface area contributed by atoms with Crippen LogP contribution in [0.3, 0.4) is 0 Å². The van der Waals surface area contributed by atoms with Gasteiger partial charge in [-0.05, 0) is 55.1 Å². The largest absolute Gasteiger partial charge is 0.240 e. The van der Waals surface area contributed by atoms with Crippen molar-refractivity contribution in [2.24, 2.45) is 16.7 Å². The predicted octanol–water partition coefficient (Wildman–Crippen LogP) is 3.49. The number of fused-ring (bicyclic) bond motifs is 2. The van der Waals surface area contributed by atoms with E-state index in [2.05, 4.69) is 25.5 Å². The molecule has 2 saturated carbocycles. The predicted molar refractivity (Wildman–Crippen MR) is 84.5 cm³/mol. The van der Waals surface area contributed by atoms with Gasteiger partial charge in [0.2, 0.25) is 10.0 Å². The number of aryl methyl sites for hydroxylation is 1. The second kappa shape index (κ2) is 4.56. The van der Waals surface area contributed by atoms with Crippen molar-refractivity contribution >= 4 is 10.0 Å². The van der Waals surface area contributed by atoms with Gasteiger partial charge in [-0.25, -0.2) is 13.1 Å². The quantitative estimate of drug-likeness (QED) is 0.929. The van der Waals surface area contributed by atoms with E-state index in [-0.39, 0.29) is 16.9 Å². The first-order chi connectivity index (χ1) is 9.65. The van der Waals surface area contributed by atoms with Gasteiger partial charge in [-0.2, -0.15) is 0 Å². The normalized spacial score (nSPS) is 34.3. The Morgan fingerprint density at radius 1 is 1.14 bits per heavy atom. The molecule has 3 rings (SSSR count). The Morgan fingerprint density at radius 3 is 2.29 bits per heavy atom. The summed E-state index contributed by atoms with van der Waals surface area (Å²) in [5.41, 5.74) is 1.21. The lowest BCUT2D eigenvalue weighted by atomic mass is 9.69. The molecule has 1 aromatic carbocycles. The maximum atomic E-state index is 12.7. The molecule has 0 spiro atoms. The molecule has 0 aromatic heterocycles. The summed E-state index contributed by atoms with van der Waals surface area (Å²) >= 11 is 0. The smallest absolute Gasteiger partial charge is 0.207 e. The van der Waals surface area contributed by atoms with Crippen molar-refractivity contribution < 1.29 is 8.42 Å². The second-order valence-corrected chi connectivity index (χ2v) is 9.50. The monoisotopic (exact) mass is 307 g/mol. The molecular weight excluding hydrogens is 282 g/mol. The maximum Gasteiger partial charge on any atom is 0.240 e. The topological polar surface area (TPSA) is 46.2 Å². The van der Waals surface area contributed by atoms with Gasteiger partial charge in [-0.1, -0.05) is 38.5 Å². The minimum atomic E-state index is -3.44. The number of rotatable bonds is 3. The second-order valence-electron chi connectivity index (χ2n) is 7.78. The SMILES string of the molecule is Cc1ccc(S(=O)(=O)N[C@H]2C(C)(C)[C@H]3CC[C@]2(C)C3)cc1. The molecular formula is C17H25NO2S. The van der Waals surface area contributed by atoms with E-state index in [9.17, 15) is 8.42 Å². The lowest BCUT2D eigenvalue weighted by Gasteiger charge is -2.42. The van der Waals surface area contributed by atoms with Crippen molar-refractivity contribution in [2.75, 3.05) is 0 Å². The number of hydrogen-bond donors (Lipinski definition) is 1. The van der Waals surface area contributed by atoms with Crippen LogP contribution in [0.15, 0.2) is 29.2 Å². The summed E-state index contributed by atoms with van der Waals surface area (Å²) in [7, 11) is -3.44. The van der Waals surface area contributed by atoms with Crippen LogP contribution in [0.5, 0.6) is 0 Å². The van der Waals surface area contributed by atoms with Crippen LogP contribution >= 0.6 is 0 Å². The lowest BCUT2D eigenvalue weighted by Crippen LogP contribution is -2.52. The number of sulfonamides is 1. The van der Waals surface area contributed by atoms with Crippen LogP contribution < -0.4 is 4.72 Å². The first-order valence-electron chi connectivity index (χ1n) is 7.74. The number of benzene rings is 1. The fourth-order valence-electron chi connectivity index (χ4n) is 4.54. The van der Waals surface area contributed by atoms with Gasteiger partial charge in [0, 0.05) is 6.04 Å². The molecule has 0 unspecified atom stereocenters. The van der Waals surface area contributed by atoms with Gasteiger partial charge in [0.15, 0.2) is 0 Å². The summed E-state index contributed by atoms with van der Waals surface area (Å²) in [6.07, 6.45) is 3.50. The molecule has 3 nitrogen and oxygen atoms in total. The molecule has 0 radical (unpaired) electrons. The van der Waals surface area contributed by atoms with Gasteiger partial charge >= 0.3 is 0 Å². The van der Waals surface area contributed by atoms with Crippen LogP contribution in [0, 0.1) is 23.7 Å². The zero-order chi connectivity index (χ0) is 15.5. The first kappa shape index (κ1) is 15.0. The summed E-state index contributed by atoms with van der Waals surface area (Å²) in [6.45, 7) is 8.63. The Labute approximate surface area is 128 Å². The molecule has 0 aliphatic heterocycles. The van der Waals surface area contributed by atoms with E-state index in [1.165, 1.54) is 6.42 Å². The lowest BCUT2D eigenvalue weighted by molar-refractivity contribution is 0.127. The molecule has 0 saturated heterocycles. The van der Waals surface area contributed by atoms with Crippen molar-refractivity contribution in [3.05, 3.63) is 29.8 Å². The minimum absolute atomic E-state index is 0.0232. The van der Waals surface area contributed by atoms with Gasteiger partial charge in [0.05, 0.1) is 4.90 Å². The standard InChI is InChI=1S/C17H25NO2S/c1-12-5-7-14(8-6-12)21(19,20)18-15-16(2,3)13-9-10-17(15,4)11-13/h5-8,13,15,18H,9-11H2,1-4H3/t13-,15-,17+/m0/s1. The Balaban J connectivity index is 1.91. The Hall–Kier alpha value is -0.870. The Kier molecular flexibility index (Phi) is 3.27.